The third-order valence-corrected chi connectivity index (χ3v) is 7.13. The molecule has 0 spiro atoms. The van der Waals surface area contributed by atoms with Gasteiger partial charge in [0.25, 0.3) is 11.2 Å². The lowest BCUT2D eigenvalue weighted by molar-refractivity contribution is -0.384. The van der Waals surface area contributed by atoms with Gasteiger partial charge >= 0.3 is 0 Å². The number of thiophene rings is 1. The van der Waals surface area contributed by atoms with E-state index in [1.54, 1.807) is 36.5 Å². The van der Waals surface area contributed by atoms with E-state index in [0.717, 1.165) is 36.1 Å². The van der Waals surface area contributed by atoms with Crippen LogP contribution in [0.1, 0.15) is 35.4 Å². The number of rotatable bonds is 6. The van der Waals surface area contributed by atoms with Gasteiger partial charge in [0.2, 0.25) is 5.91 Å². The van der Waals surface area contributed by atoms with E-state index in [0.29, 0.717) is 22.6 Å². The summed E-state index contributed by atoms with van der Waals surface area (Å²) in [7, 11) is 0. The molecule has 1 amide bonds. The Bertz CT molecular complexity index is 1470. The van der Waals surface area contributed by atoms with Gasteiger partial charge in [-0.1, -0.05) is 0 Å². The van der Waals surface area contributed by atoms with E-state index in [2.05, 4.69) is 15.4 Å². The molecule has 0 radical (unpaired) electrons. The molecule has 1 aliphatic rings. The van der Waals surface area contributed by atoms with Crippen LogP contribution in [0.3, 0.4) is 0 Å². The topological polar surface area (TPSA) is 125 Å². The van der Waals surface area contributed by atoms with Crippen molar-refractivity contribution in [3.05, 3.63) is 73.3 Å². The number of nitrogens with one attached hydrogen (secondary N) is 1. The number of carbonyl (C=O) groups excluding carboxylic acids is 1. The molecule has 0 bridgehead atoms. The highest BCUT2D eigenvalue weighted by atomic mass is 32.1. The number of non-ortho nitro benzene ring substituents is 1. The summed E-state index contributed by atoms with van der Waals surface area (Å²) in [6, 6.07) is 7.63. The first-order chi connectivity index (χ1) is 16.4. The number of hydrogen-bond acceptors (Lipinski definition) is 7. The van der Waals surface area contributed by atoms with E-state index in [-0.39, 0.29) is 30.1 Å². The highest BCUT2D eigenvalue weighted by molar-refractivity contribution is 7.18. The van der Waals surface area contributed by atoms with Gasteiger partial charge in [-0.25, -0.2) is 9.67 Å². The van der Waals surface area contributed by atoms with Crippen molar-refractivity contribution < 1.29 is 9.72 Å². The van der Waals surface area contributed by atoms with Crippen LogP contribution in [-0.2, 0) is 24.2 Å². The zero-order valence-corrected chi connectivity index (χ0v) is 19.3. The lowest BCUT2D eigenvalue weighted by atomic mass is 9.97. The summed E-state index contributed by atoms with van der Waals surface area (Å²) in [5.41, 5.74) is 2.28. The Morgan fingerprint density at radius 3 is 2.76 bits per heavy atom. The minimum atomic E-state index is -0.471. The van der Waals surface area contributed by atoms with Gasteiger partial charge in [-0.3, -0.25) is 24.3 Å². The predicted octanol–water partition coefficient (Wildman–Crippen LogP) is 3.77. The van der Waals surface area contributed by atoms with Gasteiger partial charge in [0.05, 0.1) is 28.0 Å². The fraction of sp³-hybridized carbons (Fsp3) is 0.304. The standard InChI is InChI=1S/C23H22N6O4S/c1-14-12-19(28(26-14)15-6-8-16(9-7-15)29(32)33)25-20(30)10-11-27-13-24-22-21(23(27)31)17-4-2-3-5-18(17)34-22/h6-9,12-13H,2-5,10-11H2,1H3,(H,25,30). The number of hydrogen-bond donors (Lipinski definition) is 1. The number of aryl methyl sites for hydroxylation is 4. The summed E-state index contributed by atoms with van der Waals surface area (Å²) in [6.07, 6.45) is 5.74. The van der Waals surface area contributed by atoms with Gasteiger partial charge in [-0.2, -0.15) is 5.10 Å². The Hall–Kier alpha value is -3.86. The van der Waals surface area contributed by atoms with Crippen LogP contribution in [0.2, 0.25) is 0 Å². The SMILES string of the molecule is Cc1cc(NC(=O)CCn2cnc3sc4c(c3c2=O)CCCC4)n(-c2ccc([N+](=O)[O-])cc2)n1. The molecule has 1 aliphatic carbocycles. The number of nitro benzene ring substituents is 1. The Balaban J connectivity index is 1.32. The van der Waals surface area contributed by atoms with Crippen LogP contribution in [0.25, 0.3) is 15.9 Å². The fourth-order valence-electron chi connectivity index (χ4n) is 4.27. The maximum Gasteiger partial charge on any atom is 0.269 e. The van der Waals surface area contributed by atoms with Gasteiger partial charge in [-0.15, -0.1) is 11.3 Å². The monoisotopic (exact) mass is 478 g/mol. The van der Waals surface area contributed by atoms with Crippen molar-refractivity contribution in [2.75, 3.05) is 5.32 Å². The highest BCUT2D eigenvalue weighted by Crippen LogP contribution is 2.33. The van der Waals surface area contributed by atoms with E-state index >= 15 is 0 Å². The van der Waals surface area contributed by atoms with Gasteiger partial charge in [0.1, 0.15) is 10.6 Å². The van der Waals surface area contributed by atoms with Crippen molar-refractivity contribution in [3.63, 3.8) is 0 Å². The second-order valence-electron chi connectivity index (χ2n) is 8.29. The quantitative estimate of drug-likeness (QED) is 0.332. The zero-order chi connectivity index (χ0) is 23.8. The van der Waals surface area contributed by atoms with Crippen molar-refractivity contribution >= 4 is 39.0 Å². The summed E-state index contributed by atoms with van der Waals surface area (Å²) in [4.78, 5) is 42.7. The Labute approximate surface area is 198 Å². The summed E-state index contributed by atoms with van der Waals surface area (Å²) >= 11 is 1.60. The molecule has 11 heteroatoms. The average Bonchev–Trinajstić information content (AvgIpc) is 3.39. The van der Waals surface area contributed by atoms with E-state index in [1.807, 2.05) is 0 Å². The number of anilines is 1. The van der Waals surface area contributed by atoms with Crippen LogP contribution in [-0.4, -0.2) is 30.2 Å². The van der Waals surface area contributed by atoms with Crippen LogP contribution in [0, 0.1) is 17.0 Å². The van der Waals surface area contributed by atoms with Crippen molar-refractivity contribution in [2.24, 2.45) is 0 Å². The van der Waals surface area contributed by atoms with E-state index in [4.69, 9.17) is 0 Å². The van der Waals surface area contributed by atoms with E-state index in [1.165, 1.54) is 32.6 Å². The van der Waals surface area contributed by atoms with Crippen molar-refractivity contribution in [1.29, 1.82) is 0 Å². The van der Waals surface area contributed by atoms with E-state index < -0.39 is 4.92 Å². The van der Waals surface area contributed by atoms with Gasteiger partial charge in [0.15, 0.2) is 0 Å². The van der Waals surface area contributed by atoms with Gasteiger partial charge in [-0.05, 0) is 50.3 Å². The van der Waals surface area contributed by atoms with Crippen molar-refractivity contribution in [2.45, 2.75) is 45.6 Å². The first-order valence-corrected chi connectivity index (χ1v) is 11.8. The first kappa shape index (κ1) is 22.0. The number of fused-ring (bicyclic) bond motifs is 3. The molecular formula is C23H22N6O4S. The second kappa shape index (κ2) is 8.82. The number of aromatic nitrogens is 4. The first-order valence-electron chi connectivity index (χ1n) is 11.0. The summed E-state index contributed by atoms with van der Waals surface area (Å²) in [5.74, 6) is 0.173. The molecule has 4 aromatic rings. The third kappa shape index (κ3) is 4.10. The molecule has 1 N–H and O–H groups in total. The molecule has 0 fully saturated rings. The number of carbonyl (C=O) groups is 1. The van der Waals surface area contributed by atoms with Crippen LogP contribution in [0.5, 0.6) is 0 Å². The average molecular weight is 479 g/mol. The molecule has 0 saturated heterocycles. The lowest BCUT2D eigenvalue weighted by Gasteiger charge is -2.11. The largest absolute Gasteiger partial charge is 0.311 e. The Kier molecular flexibility index (Phi) is 5.70. The maximum absolute atomic E-state index is 13.1. The normalized spacial score (nSPS) is 13.1. The molecule has 3 aromatic heterocycles. The number of nitro groups is 1. The Morgan fingerprint density at radius 2 is 2.00 bits per heavy atom. The smallest absolute Gasteiger partial charge is 0.269 e. The minimum Gasteiger partial charge on any atom is -0.311 e. The third-order valence-electron chi connectivity index (χ3n) is 5.93. The molecule has 10 nitrogen and oxygen atoms in total. The summed E-state index contributed by atoms with van der Waals surface area (Å²) in [5, 5.41) is 18.8. The highest BCUT2D eigenvalue weighted by Gasteiger charge is 2.20. The fourth-order valence-corrected chi connectivity index (χ4v) is 5.49. The molecular weight excluding hydrogens is 456 g/mol. The molecule has 5 rings (SSSR count). The second-order valence-corrected chi connectivity index (χ2v) is 9.37. The maximum atomic E-state index is 13.1. The van der Waals surface area contributed by atoms with Crippen LogP contribution in [0.4, 0.5) is 11.5 Å². The molecule has 174 valence electrons. The molecule has 1 aromatic carbocycles. The number of nitrogens with zero attached hydrogens (tertiary/aromatic N) is 5. The van der Waals surface area contributed by atoms with Crippen molar-refractivity contribution in [3.8, 4) is 5.69 Å². The number of benzene rings is 1. The summed E-state index contributed by atoms with van der Waals surface area (Å²) in [6.45, 7) is 2.00. The zero-order valence-electron chi connectivity index (χ0n) is 18.5. The van der Waals surface area contributed by atoms with Gasteiger partial charge in [0, 0.05) is 36.0 Å². The molecule has 3 heterocycles. The van der Waals surface area contributed by atoms with Crippen molar-refractivity contribution in [1.82, 2.24) is 19.3 Å². The molecule has 34 heavy (non-hydrogen) atoms. The summed E-state index contributed by atoms with van der Waals surface area (Å²) < 4.78 is 3.02. The molecule has 0 aliphatic heterocycles. The molecule has 0 unspecified atom stereocenters. The van der Waals surface area contributed by atoms with E-state index in [9.17, 15) is 19.7 Å². The van der Waals surface area contributed by atoms with Crippen LogP contribution < -0.4 is 10.9 Å². The van der Waals surface area contributed by atoms with Gasteiger partial charge < -0.3 is 5.32 Å². The Morgan fingerprint density at radius 1 is 1.24 bits per heavy atom. The van der Waals surface area contributed by atoms with Crippen LogP contribution in [0.15, 0.2) is 41.5 Å². The van der Waals surface area contributed by atoms with Crippen LogP contribution >= 0.6 is 11.3 Å². The number of amides is 1. The minimum absolute atomic E-state index is 0.0267. The molecule has 0 saturated carbocycles. The molecule has 0 atom stereocenters. The predicted molar refractivity (Wildman–Crippen MR) is 129 cm³/mol. The lowest BCUT2D eigenvalue weighted by Crippen LogP contribution is -2.24.